The number of phenols is 1. The third kappa shape index (κ3) is 4.81. The highest BCUT2D eigenvalue weighted by Crippen LogP contribution is 2.30. The molecule has 0 saturated heterocycles. The average Bonchev–Trinajstić information content (AvgIpc) is 2.50. The first-order chi connectivity index (χ1) is 11.1. The fourth-order valence-electron chi connectivity index (χ4n) is 2.01. The molecule has 3 N–H and O–H groups in total. The summed E-state index contributed by atoms with van der Waals surface area (Å²) in [5.41, 5.74) is 1.08. The molecule has 0 atom stereocenters. The fraction of sp³-hybridized carbons (Fsp3) is 0.235. The lowest BCUT2D eigenvalue weighted by atomic mass is 10.2. The molecule has 6 heteroatoms. The number of carbonyl (C=O) groups is 1. The number of urea groups is 1. The Balaban J connectivity index is 2.06. The van der Waals surface area contributed by atoms with Gasteiger partial charge in [0.05, 0.1) is 13.2 Å². The van der Waals surface area contributed by atoms with Gasteiger partial charge >= 0.3 is 6.03 Å². The number of carbonyl (C=O) groups excluding carboxylic acids is 1. The molecule has 0 aliphatic heterocycles. The summed E-state index contributed by atoms with van der Waals surface area (Å²) >= 11 is 0. The van der Waals surface area contributed by atoms with Crippen molar-refractivity contribution < 1.29 is 19.4 Å². The lowest BCUT2D eigenvalue weighted by Crippen LogP contribution is -2.19. The van der Waals surface area contributed by atoms with Gasteiger partial charge in [-0.2, -0.15) is 0 Å². The summed E-state index contributed by atoms with van der Waals surface area (Å²) in [7, 11) is 0. The molecule has 0 aromatic heterocycles. The SMILES string of the molecule is CCOc1ccc(NC(=O)Nc2cccc(O)c2)cc1OCC. The van der Waals surface area contributed by atoms with Gasteiger partial charge in [-0.3, -0.25) is 0 Å². The third-order valence-electron chi connectivity index (χ3n) is 2.91. The van der Waals surface area contributed by atoms with E-state index < -0.39 is 6.03 Å². The quantitative estimate of drug-likeness (QED) is 0.756. The van der Waals surface area contributed by atoms with Gasteiger partial charge in [0.15, 0.2) is 11.5 Å². The van der Waals surface area contributed by atoms with Crippen molar-refractivity contribution in [1.82, 2.24) is 0 Å². The van der Waals surface area contributed by atoms with E-state index in [1.807, 2.05) is 13.8 Å². The van der Waals surface area contributed by atoms with Gasteiger partial charge in [0.25, 0.3) is 0 Å². The van der Waals surface area contributed by atoms with Gasteiger partial charge < -0.3 is 25.2 Å². The molecule has 0 fully saturated rings. The average molecular weight is 316 g/mol. The molecule has 0 radical (unpaired) electrons. The molecule has 0 aliphatic carbocycles. The molecule has 0 aliphatic rings. The van der Waals surface area contributed by atoms with Crippen molar-refractivity contribution in [3.63, 3.8) is 0 Å². The molecule has 2 aromatic carbocycles. The summed E-state index contributed by atoms with van der Waals surface area (Å²) in [5, 5.41) is 14.7. The number of rotatable bonds is 6. The summed E-state index contributed by atoms with van der Waals surface area (Å²) in [6.45, 7) is 4.80. The predicted octanol–water partition coefficient (Wildman–Crippen LogP) is 3.83. The van der Waals surface area contributed by atoms with Crippen LogP contribution in [-0.2, 0) is 0 Å². The molecule has 2 amide bonds. The summed E-state index contributed by atoms with van der Waals surface area (Å²) < 4.78 is 11.0. The first-order valence-corrected chi connectivity index (χ1v) is 7.39. The number of hydrogen-bond donors (Lipinski definition) is 3. The van der Waals surface area contributed by atoms with Crippen LogP contribution in [0.25, 0.3) is 0 Å². The van der Waals surface area contributed by atoms with Gasteiger partial charge in [0.1, 0.15) is 5.75 Å². The van der Waals surface area contributed by atoms with E-state index in [2.05, 4.69) is 10.6 Å². The van der Waals surface area contributed by atoms with E-state index in [0.717, 1.165) is 0 Å². The molecule has 23 heavy (non-hydrogen) atoms. The maximum atomic E-state index is 12.0. The summed E-state index contributed by atoms with van der Waals surface area (Å²) in [6.07, 6.45) is 0. The highest BCUT2D eigenvalue weighted by atomic mass is 16.5. The van der Waals surface area contributed by atoms with Crippen LogP contribution in [-0.4, -0.2) is 24.4 Å². The Morgan fingerprint density at radius 3 is 2.26 bits per heavy atom. The van der Waals surface area contributed by atoms with E-state index in [1.165, 1.54) is 12.1 Å². The van der Waals surface area contributed by atoms with Crippen molar-refractivity contribution >= 4 is 17.4 Å². The van der Waals surface area contributed by atoms with Gasteiger partial charge in [-0.15, -0.1) is 0 Å². The minimum Gasteiger partial charge on any atom is -0.508 e. The second kappa shape index (κ2) is 7.93. The van der Waals surface area contributed by atoms with E-state index in [9.17, 15) is 9.90 Å². The monoisotopic (exact) mass is 316 g/mol. The van der Waals surface area contributed by atoms with E-state index in [0.29, 0.717) is 36.1 Å². The topological polar surface area (TPSA) is 79.8 Å². The second-order valence-corrected chi connectivity index (χ2v) is 4.66. The number of phenolic OH excluding ortho intramolecular Hbond substituents is 1. The van der Waals surface area contributed by atoms with Gasteiger partial charge in [0.2, 0.25) is 0 Å². The molecule has 0 unspecified atom stereocenters. The number of aromatic hydroxyl groups is 1. The molecule has 0 saturated carbocycles. The highest BCUT2D eigenvalue weighted by Gasteiger charge is 2.09. The minimum atomic E-state index is -0.415. The third-order valence-corrected chi connectivity index (χ3v) is 2.91. The maximum absolute atomic E-state index is 12.0. The molecular formula is C17H20N2O4. The number of nitrogens with one attached hydrogen (secondary N) is 2. The summed E-state index contributed by atoms with van der Waals surface area (Å²) in [5.74, 6) is 1.29. The number of benzene rings is 2. The van der Waals surface area contributed by atoms with E-state index >= 15 is 0 Å². The number of hydrogen-bond acceptors (Lipinski definition) is 4. The van der Waals surface area contributed by atoms with Gasteiger partial charge in [0, 0.05) is 23.5 Å². The zero-order valence-electron chi connectivity index (χ0n) is 13.1. The van der Waals surface area contributed by atoms with Crippen molar-refractivity contribution in [3.05, 3.63) is 42.5 Å². The maximum Gasteiger partial charge on any atom is 0.323 e. The minimum absolute atomic E-state index is 0.0856. The summed E-state index contributed by atoms with van der Waals surface area (Å²) in [6, 6.07) is 11.1. The van der Waals surface area contributed by atoms with Crippen LogP contribution in [0.4, 0.5) is 16.2 Å². The Morgan fingerprint density at radius 2 is 1.61 bits per heavy atom. The Labute approximate surface area is 135 Å². The van der Waals surface area contributed by atoms with Crippen LogP contribution < -0.4 is 20.1 Å². The van der Waals surface area contributed by atoms with Crippen LogP contribution in [0.15, 0.2) is 42.5 Å². The predicted molar refractivity (Wildman–Crippen MR) is 89.5 cm³/mol. The fourth-order valence-corrected chi connectivity index (χ4v) is 2.01. The van der Waals surface area contributed by atoms with Gasteiger partial charge in [-0.25, -0.2) is 4.79 Å². The molecule has 0 spiro atoms. The van der Waals surface area contributed by atoms with Crippen LogP contribution in [0.1, 0.15) is 13.8 Å². The Hall–Kier alpha value is -2.89. The Bertz CT molecular complexity index is 673. The van der Waals surface area contributed by atoms with Crippen LogP contribution in [0, 0.1) is 0 Å². The van der Waals surface area contributed by atoms with Crippen LogP contribution >= 0.6 is 0 Å². The van der Waals surface area contributed by atoms with Crippen molar-refractivity contribution in [2.75, 3.05) is 23.8 Å². The lowest BCUT2D eigenvalue weighted by Gasteiger charge is -2.13. The van der Waals surface area contributed by atoms with E-state index in [1.54, 1.807) is 30.3 Å². The normalized spacial score (nSPS) is 10.0. The van der Waals surface area contributed by atoms with E-state index in [-0.39, 0.29) is 5.75 Å². The molecule has 0 bridgehead atoms. The smallest absolute Gasteiger partial charge is 0.323 e. The molecule has 0 heterocycles. The molecule has 2 rings (SSSR count). The lowest BCUT2D eigenvalue weighted by molar-refractivity contribution is 0.262. The number of amides is 2. The van der Waals surface area contributed by atoms with Crippen molar-refractivity contribution in [2.24, 2.45) is 0 Å². The largest absolute Gasteiger partial charge is 0.508 e. The molecular weight excluding hydrogens is 296 g/mol. The Morgan fingerprint density at radius 1 is 0.957 bits per heavy atom. The second-order valence-electron chi connectivity index (χ2n) is 4.66. The van der Waals surface area contributed by atoms with Crippen molar-refractivity contribution in [1.29, 1.82) is 0 Å². The van der Waals surface area contributed by atoms with Crippen LogP contribution in [0.2, 0.25) is 0 Å². The number of anilines is 2. The van der Waals surface area contributed by atoms with Crippen LogP contribution in [0.3, 0.4) is 0 Å². The summed E-state index contributed by atoms with van der Waals surface area (Å²) in [4.78, 5) is 12.0. The van der Waals surface area contributed by atoms with Gasteiger partial charge in [-0.05, 0) is 38.1 Å². The molecule has 6 nitrogen and oxygen atoms in total. The standard InChI is InChI=1S/C17H20N2O4/c1-3-22-15-9-8-13(11-16(15)23-4-2)19-17(21)18-12-6-5-7-14(20)10-12/h5-11,20H,3-4H2,1-2H3,(H2,18,19,21). The van der Waals surface area contributed by atoms with Gasteiger partial charge in [-0.1, -0.05) is 6.07 Å². The molecule has 2 aromatic rings. The van der Waals surface area contributed by atoms with Crippen LogP contribution in [0.5, 0.6) is 17.2 Å². The zero-order chi connectivity index (χ0) is 16.7. The number of ether oxygens (including phenoxy) is 2. The van der Waals surface area contributed by atoms with Crippen molar-refractivity contribution in [3.8, 4) is 17.2 Å². The first-order valence-electron chi connectivity index (χ1n) is 7.39. The molecule has 122 valence electrons. The Kier molecular flexibility index (Phi) is 5.68. The first kappa shape index (κ1) is 16.5. The highest BCUT2D eigenvalue weighted by molar-refractivity contribution is 6.00. The zero-order valence-corrected chi connectivity index (χ0v) is 13.1. The van der Waals surface area contributed by atoms with Crippen molar-refractivity contribution in [2.45, 2.75) is 13.8 Å². The van der Waals surface area contributed by atoms with E-state index in [4.69, 9.17) is 9.47 Å².